The summed E-state index contributed by atoms with van der Waals surface area (Å²) in [7, 11) is 2.14. The first kappa shape index (κ1) is 35.3. The summed E-state index contributed by atoms with van der Waals surface area (Å²) in [4.78, 5) is 81.9. The van der Waals surface area contributed by atoms with Crippen molar-refractivity contribution in [1.29, 1.82) is 0 Å². The lowest BCUT2D eigenvalue weighted by Gasteiger charge is -2.42. The van der Waals surface area contributed by atoms with Gasteiger partial charge in [0.05, 0.1) is 31.3 Å². The third-order valence-corrected chi connectivity index (χ3v) is 9.92. The Morgan fingerprint density at radius 2 is 1.25 bits per heavy atom. The van der Waals surface area contributed by atoms with Crippen molar-refractivity contribution in [3.8, 4) is 23.0 Å². The van der Waals surface area contributed by atoms with E-state index in [2.05, 4.69) is 0 Å². The molecule has 6 rings (SSSR count). The monoisotopic (exact) mass is 708 g/mol. The van der Waals surface area contributed by atoms with Crippen LogP contribution in [0.2, 0.25) is 0 Å². The van der Waals surface area contributed by atoms with Gasteiger partial charge >= 0.3 is 17.9 Å². The van der Waals surface area contributed by atoms with Crippen LogP contribution in [0.1, 0.15) is 117 Å². The molecule has 0 fully saturated rings. The van der Waals surface area contributed by atoms with Gasteiger partial charge in [-0.05, 0) is 61.7 Å². The average molecular weight is 709 g/mol. The molecule has 0 radical (unpaired) electrons. The Morgan fingerprint density at radius 3 is 1.85 bits per heavy atom. The summed E-state index contributed by atoms with van der Waals surface area (Å²) in [6, 6.07) is 8.31. The standard InChI is InChI=1S/C39H32O13/c1-7-15(2)36(47)52-39(20-9-8-10-23(40)31(20)35(46)27-17(4)29(38(49)51-6)25(42)14-22(27)39)21-12-11-18-30(33(21)44)34(45)26-16(3)28(37(48)50-5)24(41)13-19(26)32(18)43/h8-15,40-42,44H,7H2,1-6H3/t15-,39+/m1/s1. The van der Waals surface area contributed by atoms with E-state index >= 15 is 0 Å². The molecular weight excluding hydrogens is 676 g/mol. The number of hydrogen-bond acceptors (Lipinski definition) is 13. The molecule has 4 N–H and O–H groups in total. The van der Waals surface area contributed by atoms with Gasteiger partial charge in [-0.3, -0.25) is 19.2 Å². The normalized spacial score (nSPS) is 16.2. The quantitative estimate of drug-likeness (QED) is 0.137. The number of carbonyl (C=O) groups is 6. The Labute approximate surface area is 296 Å². The lowest BCUT2D eigenvalue weighted by Crippen LogP contribution is -2.43. The van der Waals surface area contributed by atoms with Gasteiger partial charge in [0.2, 0.25) is 0 Å². The van der Waals surface area contributed by atoms with Crippen LogP contribution in [0, 0.1) is 19.8 Å². The zero-order valence-corrected chi connectivity index (χ0v) is 28.8. The van der Waals surface area contributed by atoms with Crippen LogP contribution in [0.25, 0.3) is 0 Å². The molecule has 0 spiro atoms. The number of fused-ring (bicyclic) bond motifs is 4. The van der Waals surface area contributed by atoms with Crippen LogP contribution in [0.4, 0.5) is 0 Å². The molecule has 0 aromatic heterocycles. The van der Waals surface area contributed by atoms with Crippen molar-refractivity contribution in [2.75, 3.05) is 14.2 Å². The molecular formula is C39H32O13. The molecule has 0 unspecified atom stereocenters. The van der Waals surface area contributed by atoms with E-state index in [9.17, 15) is 49.2 Å². The molecule has 0 amide bonds. The Bertz CT molecular complexity index is 2330. The number of methoxy groups -OCH3 is 2. The highest BCUT2D eigenvalue weighted by Gasteiger charge is 2.53. The predicted molar refractivity (Wildman–Crippen MR) is 180 cm³/mol. The molecule has 0 bridgehead atoms. The third-order valence-electron chi connectivity index (χ3n) is 9.92. The second-order valence-electron chi connectivity index (χ2n) is 12.6. The van der Waals surface area contributed by atoms with Gasteiger partial charge in [-0.2, -0.15) is 0 Å². The van der Waals surface area contributed by atoms with Crippen molar-refractivity contribution < 1.29 is 63.4 Å². The van der Waals surface area contributed by atoms with Gasteiger partial charge in [0.1, 0.15) is 34.1 Å². The molecule has 266 valence electrons. The van der Waals surface area contributed by atoms with E-state index in [1.807, 2.05) is 0 Å². The van der Waals surface area contributed by atoms with Crippen molar-refractivity contribution in [2.45, 2.75) is 39.7 Å². The number of rotatable bonds is 6. The molecule has 0 aliphatic heterocycles. The van der Waals surface area contributed by atoms with Crippen molar-refractivity contribution in [3.63, 3.8) is 0 Å². The van der Waals surface area contributed by atoms with Gasteiger partial charge in [-0.15, -0.1) is 0 Å². The minimum atomic E-state index is -2.40. The number of ketones is 3. The van der Waals surface area contributed by atoms with E-state index in [0.717, 1.165) is 26.4 Å². The molecule has 0 saturated heterocycles. The zero-order valence-electron chi connectivity index (χ0n) is 28.8. The van der Waals surface area contributed by atoms with Crippen LogP contribution in [-0.4, -0.2) is 69.9 Å². The number of benzene rings is 4. The number of carbonyl (C=O) groups excluding carboxylic acids is 6. The van der Waals surface area contributed by atoms with Crippen LogP contribution in [-0.2, 0) is 24.6 Å². The average Bonchev–Trinajstić information content (AvgIpc) is 3.10. The van der Waals surface area contributed by atoms with Crippen LogP contribution < -0.4 is 0 Å². The maximum Gasteiger partial charge on any atom is 0.341 e. The first-order valence-corrected chi connectivity index (χ1v) is 16.0. The Balaban J connectivity index is 1.77. The van der Waals surface area contributed by atoms with Crippen molar-refractivity contribution in [2.24, 2.45) is 5.92 Å². The largest absolute Gasteiger partial charge is 0.507 e. The highest BCUT2D eigenvalue weighted by Crippen LogP contribution is 2.55. The van der Waals surface area contributed by atoms with Gasteiger partial charge in [0, 0.05) is 38.9 Å². The van der Waals surface area contributed by atoms with E-state index < -0.39 is 75.3 Å². The topological polar surface area (TPSA) is 211 Å². The van der Waals surface area contributed by atoms with Crippen LogP contribution >= 0.6 is 0 Å². The second-order valence-corrected chi connectivity index (χ2v) is 12.6. The summed E-state index contributed by atoms with van der Waals surface area (Å²) >= 11 is 0. The van der Waals surface area contributed by atoms with Gasteiger partial charge < -0.3 is 34.6 Å². The molecule has 2 aliphatic carbocycles. The molecule has 52 heavy (non-hydrogen) atoms. The van der Waals surface area contributed by atoms with Gasteiger partial charge in [0.25, 0.3) is 0 Å². The maximum absolute atomic E-state index is 14.4. The van der Waals surface area contributed by atoms with Crippen LogP contribution in [0.3, 0.4) is 0 Å². The smallest absolute Gasteiger partial charge is 0.341 e. The predicted octanol–water partition coefficient (Wildman–Crippen LogP) is 4.90. The molecule has 13 nitrogen and oxygen atoms in total. The van der Waals surface area contributed by atoms with Gasteiger partial charge in [0.15, 0.2) is 23.0 Å². The molecule has 4 aromatic rings. The summed E-state index contributed by atoms with van der Waals surface area (Å²) in [6.07, 6.45) is 0.285. The van der Waals surface area contributed by atoms with Gasteiger partial charge in [-0.1, -0.05) is 26.0 Å². The van der Waals surface area contributed by atoms with Gasteiger partial charge in [-0.25, -0.2) is 9.59 Å². The highest BCUT2D eigenvalue weighted by atomic mass is 16.6. The molecule has 2 aliphatic rings. The fourth-order valence-corrected chi connectivity index (χ4v) is 7.14. The Hall–Kier alpha value is -6.50. The summed E-state index contributed by atoms with van der Waals surface area (Å²) in [5.74, 6) is -8.83. The Morgan fingerprint density at radius 1 is 0.673 bits per heavy atom. The van der Waals surface area contributed by atoms with E-state index in [-0.39, 0.29) is 73.2 Å². The maximum atomic E-state index is 14.4. The molecule has 4 aromatic carbocycles. The second kappa shape index (κ2) is 12.4. The van der Waals surface area contributed by atoms with Crippen LogP contribution in [0.5, 0.6) is 23.0 Å². The van der Waals surface area contributed by atoms with Crippen molar-refractivity contribution >= 4 is 35.3 Å². The number of ether oxygens (including phenoxy) is 3. The lowest BCUT2D eigenvalue weighted by molar-refractivity contribution is -0.158. The summed E-state index contributed by atoms with van der Waals surface area (Å²) < 4.78 is 15.9. The van der Waals surface area contributed by atoms with Crippen molar-refractivity contribution in [3.05, 3.63) is 115 Å². The summed E-state index contributed by atoms with van der Waals surface area (Å²) in [6.45, 7) is 5.96. The minimum absolute atomic E-state index is 0.103. The minimum Gasteiger partial charge on any atom is -0.507 e. The number of hydrogen-bond donors (Lipinski definition) is 4. The number of esters is 3. The zero-order chi connectivity index (χ0) is 38.1. The fourth-order valence-electron chi connectivity index (χ4n) is 7.14. The molecule has 13 heteroatoms. The van der Waals surface area contributed by atoms with Crippen LogP contribution in [0.15, 0.2) is 42.5 Å². The fraction of sp³-hybridized carbons (Fsp3) is 0.231. The van der Waals surface area contributed by atoms with E-state index in [0.29, 0.717) is 0 Å². The molecule has 0 heterocycles. The highest BCUT2D eigenvalue weighted by molar-refractivity contribution is 6.30. The van der Waals surface area contributed by atoms with E-state index in [1.54, 1.807) is 13.8 Å². The lowest BCUT2D eigenvalue weighted by atomic mass is 9.67. The molecule has 2 atom stereocenters. The van der Waals surface area contributed by atoms with E-state index in [1.165, 1.54) is 44.2 Å². The molecule has 0 saturated carbocycles. The Kier molecular flexibility index (Phi) is 8.41. The summed E-state index contributed by atoms with van der Waals surface area (Å²) in [5.41, 5.74) is -6.14. The number of aromatic hydroxyl groups is 4. The SMILES string of the molecule is CC[C@@H](C)C(=O)O[C@]1(c2ccc3c(c2O)C(=O)c2c(cc(O)c(C(=O)OC)c2C)C3=O)c2cccc(O)c2C(=O)c2c1cc(O)c(C(=O)OC)c2C. The first-order chi connectivity index (χ1) is 24.6. The first-order valence-electron chi connectivity index (χ1n) is 16.0. The summed E-state index contributed by atoms with van der Waals surface area (Å²) in [5, 5.41) is 45.3. The van der Waals surface area contributed by atoms with Crippen molar-refractivity contribution in [1.82, 2.24) is 0 Å². The third kappa shape index (κ3) is 4.69. The number of phenolic OH excluding ortho intramolecular Hbond substituents is 4. The van der Waals surface area contributed by atoms with E-state index in [4.69, 9.17) is 14.2 Å². The number of phenols is 4.